The first-order valence-electron chi connectivity index (χ1n) is 5.85. The minimum absolute atomic E-state index is 0.452. The van der Waals surface area contributed by atoms with Crippen molar-refractivity contribution >= 4 is 49.9 Å². The summed E-state index contributed by atoms with van der Waals surface area (Å²) in [6, 6.07) is 19.6. The quantitative estimate of drug-likeness (QED) is 0.469. The molecule has 0 aliphatic heterocycles. The second kappa shape index (κ2) is 4.85. The van der Waals surface area contributed by atoms with Crippen LogP contribution in [0.5, 0.6) is 0 Å². The van der Waals surface area contributed by atoms with Crippen LogP contribution in [0.3, 0.4) is 0 Å². The average molecular weight is 251 g/mol. The molecule has 0 nitrogen and oxygen atoms in total. The molecule has 2 heteroatoms. The smallest absolute Gasteiger partial charge is 0.345 e. The summed E-state index contributed by atoms with van der Waals surface area (Å²) in [5.74, 6) is 0. The van der Waals surface area contributed by atoms with E-state index in [-0.39, 0.29) is 0 Å². The minimum Gasteiger partial charge on any atom is -0.345 e. The number of halogens is 1. The van der Waals surface area contributed by atoms with E-state index >= 15 is 0 Å². The Kier molecular flexibility index (Phi) is 3.23. The molecule has 0 bridgehead atoms. The van der Waals surface area contributed by atoms with Gasteiger partial charge in [0.25, 0.3) is 0 Å². The molecule has 0 spiro atoms. The Balaban J connectivity index is 2.35. The zero-order chi connectivity index (χ0) is 11.7. The summed E-state index contributed by atoms with van der Waals surface area (Å²) >= 11 is -0.452. The van der Waals surface area contributed by atoms with Gasteiger partial charge in [0.05, 0.1) is 0 Å². The van der Waals surface area contributed by atoms with Crippen molar-refractivity contribution in [1.82, 2.24) is 0 Å². The Morgan fingerprint density at radius 3 is 2.29 bits per heavy atom. The molecule has 17 heavy (non-hydrogen) atoms. The van der Waals surface area contributed by atoms with Gasteiger partial charge in [-0.2, -0.15) is 0 Å². The third kappa shape index (κ3) is 2.15. The molecule has 0 aliphatic rings. The van der Waals surface area contributed by atoms with E-state index in [0.717, 1.165) is 4.55 Å². The summed E-state index contributed by atoms with van der Waals surface area (Å²) in [5, 5.41) is 5.30. The fourth-order valence-electron chi connectivity index (χ4n) is 2.35. The maximum atomic E-state index is 5.99. The van der Waals surface area contributed by atoms with Gasteiger partial charge in [-0.1, -0.05) is 52.6 Å². The highest BCUT2D eigenvalue weighted by molar-refractivity contribution is 6.93. The summed E-state index contributed by atoms with van der Waals surface area (Å²) in [7, 11) is 5.99. The molecular weight excluding hydrogens is 240 g/mol. The fraction of sp³-hybridized carbons (Fsp3) is 0.0667. The molecule has 0 aliphatic carbocycles. The molecule has 0 radical (unpaired) electrons. The lowest BCUT2D eigenvalue weighted by atomic mass is 10.0. The van der Waals surface area contributed by atoms with Crippen molar-refractivity contribution in [3.8, 4) is 0 Å². The number of hydrogen-bond donors (Lipinski definition) is 0. The molecule has 0 heterocycles. The maximum Gasteiger partial charge on any atom is 0.505 e. The van der Waals surface area contributed by atoms with Crippen molar-refractivity contribution in [3.63, 3.8) is 0 Å². The molecule has 3 aromatic rings. The van der Waals surface area contributed by atoms with Gasteiger partial charge in [0.2, 0.25) is 0 Å². The first kappa shape index (κ1) is 11.3. The minimum atomic E-state index is -0.452. The molecule has 0 fully saturated rings. The molecule has 0 aromatic heterocycles. The second-order valence-corrected chi connectivity index (χ2v) is 6.29. The summed E-state index contributed by atoms with van der Waals surface area (Å²) in [5.41, 5.74) is 1.40. The standard InChI is InChI=1S/C15H11.ClH.Mg/c1-11-5-4-8-14-9-12-6-2-3-7-13(12)10-15(11)14;;/h2-10H,1H2;1H;/q;;+1/p-1. The van der Waals surface area contributed by atoms with E-state index in [0.29, 0.717) is 0 Å². The van der Waals surface area contributed by atoms with Gasteiger partial charge in [-0.15, -0.1) is 0 Å². The van der Waals surface area contributed by atoms with Crippen molar-refractivity contribution in [2.24, 2.45) is 0 Å². The summed E-state index contributed by atoms with van der Waals surface area (Å²) < 4.78 is 1.07. The van der Waals surface area contributed by atoms with E-state index in [9.17, 15) is 0 Å². The van der Waals surface area contributed by atoms with Crippen LogP contribution in [-0.4, -0.2) is 19.3 Å². The fourth-order valence-corrected chi connectivity index (χ4v) is 3.60. The van der Waals surface area contributed by atoms with Gasteiger partial charge in [0.15, 0.2) is 0 Å². The zero-order valence-electron chi connectivity index (χ0n) is 9.49. The SMILES string of the molecule is [Cl][Mg][CH2]c1cccc2cc3ccccc3cc12. The molecule has 3 aromatic carbocycles. The molecule has 0 N–H and O–H groups in total. The van der Waals surface area contributed by atoms with Crippen LogP contribution >= 0.6 is 9.07 Å². The third-order valence-electron chi connectivity index (χ3n) is 3.20. The third-order valence-corrected chi connectivity index (χ3v) is 4.50. The molecule has 0 saturated heterocycles. The molecule has 0 unspecified atom stereocenters. The molecule has 0 amide bonds. The van der Waals surface area contributed by atoms with E-state index in [1.165, 1.54) is 27.1 Å². The summed E-state index contributed by atoms with van der Waals surface area (Å²) in [4.78, 5) is 0. The molecule has 0 atom stereocenters. The predicted molar refractivity (Wildman–Crippen MR) is 76.8 cm³/mol. The van der Waals surface area contributed by atoms with E-state index in [2.05, 4.69) is 54.6 Å². The lowest BCUT2D eigenvalue weighted by Crippen LogP contribution is -1.90. The van der Waals surface area contributed by atoms with Gasteiger partial charge in [0, 0.05) is 0 Å². The molecule has 0 saturated carbocycles. The lowest BCUT2D eigenvalue weighted by Gasteiger charge is -2.07. The van der Waals surface area contributed by atoms with Gasteiger partial charge >= 0.3 is 19.3 Å². The molecule has 3 rings (SSSR count). The van der Waals surface area contributed by atoms with Crippen molar-refractivity contribution < 1.29 is 0 Å². The predicted octanol–water partition coefficient (Wildman–Crippen LogP) is 4.35. The molecule has 80 valence electrons. The first-order valence-corrected chi connectivity index (χ1v) is 8.98. The maximum absolute atomic E-state index is 5.99. The van der Waals surface area contributed by atoms with Crippen LogP contribution < -0.4 is 0 Å². The van der Waals surface area contributed by atoms with E-state index < -0.39 is 19.3 Å². The van der Waals surface area contributed by atoms with Crippen molar-refractivity contribution in [3.05, 3.63) is 60.2 Å². The van der Waals surface area contributed by atoms with Crippen LogP contribution in [-0.2, 0) is 4.55 Å². The van der Waals surface area contributed by atoms with Crippen LogP contribution in [0.15, 0.2) is 54.6 Å². The second-order valence-electron chi connectivity index (χ2n) is 4.28. The first-order chi connectivity index (χ1) is 8.38. The topological polar surface area (TPSA) is 0 Å². The largest absolute Gasteiger partial charge is 0.505 e. The van der Waals surface area contributed by atoms with Crippen LogP contribution in [0.2, 0.25) is 0 Å². The van der Waals surface area contributed by atoms with Gasteiger partial charge in [-0.05, 0) is 33.7 Å². The van der Waals surface area contributed by atoms with Crippen molar-refractivity contribution in [2.45, 2.75) is 4.55 Å². The van der Waals surface area contributed by atoms with E-state index in [1.54, 1.807) is 0 Å². The highest BCUT2D eigenvalue weighted by Crippen LogP contribution is 2.25. The van der Waals surface area contributed by atoms with Crippen molar-refractivity contribution in [1.29, 1.82) is 0 Å². The van der Waals surface area contributed by atoms with Crippen molar-refractivity contribution in [2.75, 3.05) is 0 Å². The zero-order valence-corrected chi connectivity index (χ0v) is 11.7. The van der Waals surface area contributed by atoms with E-state index in [4.69, 9.17) is 9.07 Å². The highest BCUT2D eigenvalue weighted by Gasteiger charge is 2.03. The van der Waals surface area contributed by atoms with Crippen LogP contribution in [0.1, 0.15) is 5.56 Å². The Morgan fingerprint density at radius 2 is 1.53 bits per heavy atom. The number of hydrogen-bond acceptors (Lipinski definition) is 0. The van der Waals surface area contributed by atoms with Gasteiger partial charge in [-0.25, -0.2) is 0 Å². The van der Waals surface area contributed by atoms with Gasteiger partial charge < -0.3 is 9.07 Å². The van der Waals surface area contributed by atoms with E-state index in [1.807, 2.05) is 0 Å². The van der Waals surface area contributed by atoms with Crippen LogP contribution in [0.4, 0.5) is 0 Å². The van der Waals surface area contributed by atoms with Crippen LogP contribution in [0.25, 0.3) is 21.5 Å². The Morgan fingerprint density at radius 1 is 0.824 bits per heavy atom. The lowest BCUT2D eigenvalue weighted by molar-refractivity contribution is 1.45. The summed E-state index contributed by atoms with van der Waals surface area (Å²) in [6.07, 6.45) is 0. The molecular formula is C15H11ClMg. The number of rotatable bonds is 2. The monoisotopic (exact) mass is 250 g/mol. The van der Waals surface area contributed by atoms with Gasteiger partial charge in [0.1, 0.15) is 0 Å². The number of fused-ring (bicyclic) bond motifs is 2. The normalized spacial score (nSPS) is 10.6. The van der Waals surface area contributed by atoms with Gasteiger partial charge in [-0.3, -0.25) is 0 Å². The average Bonchev–Trinajstić information content (AvgIpc) is 2.37. The Hall–Kier alpha value is -0.764. The summed E-state index contributed by atoms with van der Waals surface area (Å²) in [6.45, 7) is 0. The highest BCUT2D eigenvalue weighted by atomic mass is 35.5. The Labute approximate surface area is 114 Å². The Bertz CT molecular complexity index is 676. The number of benzene rings is 3. The van der Waals surface area contributed by atoms with Crippen LogP contribution in [0, 0.1) is 0 Å².